The number of amides is 1. The predicted molar refractivity (Wildman–Crippen MR) is 110 cm³/mol. The highest BCUT2D eigenvalue weighted by Crippen LogP contribution is 2.27. The molecule has 1 aromatic carbocycles. The van der Waals surface area contributed by atoms with Crippen LogP contribution in [0.4, 0.5) is 0 Å². The van der Waals surface area contributed by atoms with E-state index in [1.807, 2.05) is 35.2 Å². The number of aryl methyl sites for hydroxylation is 1. The molecule has 1 amide bonds. The number of oxazole rings is 1. The minimum absolute atomic E-state index is 0. The van der Waals surface area contributed by atoms with Gasteiger partial charge in [-0.2, -0.15) is 0 Å². The van der Waals surface area contributed by atoms with Crippen molar-refractivity contribution in [1.82, 2.24) is 15.2 Å². The summed E-state index contributed by atoms with van der Waals surface area (Å²) in [4.78, 5) is 18.9. The molecule has 0 bridgehead atoms. The van der Waals surface area contributed by atoms with E-state index < -0.39 is 0 Å². The normalized spacial score (nSPS) is 21.6. The Hall–Kier alpha value is -1.56. The molecule has 2 aliphatic rings. The fourth-order valence-corrected chi connectivity index (χ4v) is 4.00. The van der Waals surface area contributed by atoms with Gasteiger partial charge in [0.25, 0.3) is 0 Å². The predicted octanol–water partition coefficient (Wildman–Crippen LogP) is 3.58. The molecule has 7 heteroatoms. The van der Waals surface area contributed by atoms with E-state index in [0.29, 0.717) is 18.7 Å². The molecule has 0 spiro atoms. The summed E-state index contributed by atoms with van der Waals surface area (Å²) < 4.78 is 5.80. The second-order valence-electron chi connectivity index (χ2n) is 7.12. The van der Waals surface area contributed by atoms with Crippen molar-refractivity contribution in [1.29, 1.82) is 0 Å². The summed E-state index contributed by atoms with van der Waals surface area (Å²) in [6.07, 6.45) is 5.04. The van der Waals surface area contributed by atoms with Gasteiger partial charge in [-0.05, 0) is 37.8 Å². The lowest BCUT2D eigenvalue weighted by molar-refractivity contribution is -0.131. The van der Waals surface area contributed by atoms with Gasteiger partial charge in [-0.1, -0.05) is 30.3 Å². The van der Waals surface area contributed by atoms with Crippen LogP contribution in [0.2, 0.25) is 0 Å². The Kier molecular flexibility index (Phi) is 8.14. The first-order chi connectivity index (χ1) is 12.3. The van der Waals surface area contributed by atoms with Crippen molar-refractivity contribution >= 4 is 30.7 Å². The Labute approximate surface area is 172 Å². The molecule has 27 heavy (non-hydrogen) atoms. The van der Waals surface area contributed by atoms with E-state index in [2.05, 4.69) is 10.3 Å². The number of hydrogen-bond donors (Lipinski definition) is 1. The maximum absolute atomic E-state index is 12.6. The van der Waals surface area contributed by atoms with E-state index in [0.717, 1.165) is 62.2 Å². The van der Waals surface area contributed by atoms with Gasteiger partial charge in [0.15, 0.2) is 11.7 Å². The second kappa shape index (κ2) is 10.1. The van der Waals surface area contributed by atoms with Crippen LogP contribution in [0.3, 0.4) is 0 Å². The summed E-state index contributed by atoms with van der Waals surface area (Å²) in [6.45, 7) is 4.02. The van der Waals surface area contributed by atoms with Gasteiger partial charge >= 0.3 is 0 Å². The Balaban J connectivity index is 0.00000131. The summed E-state index contributed by atoms with van der Waals surface area (Å²) in [5.41, 5.74) is 1.01. The number of benzene rings is 1. The van der Waals surface area contributed by atoms with Crippen molar-refractivity contribution in [2.24, 2.45) is 11.8 Å². The number of nitrogens with one attached hydrogen (secondary N) is 1. The first-order valence-corrected chi connectivity index (χ1v) is 9.28. The SMILES string of the molecule is Cl.Cl.O=C(CCc1ncc(-c2ccccc2)o1)N1CC[C@@H]2CNC[C@@H]2CC1. The molecule has 2 atom stereocenters. The zero-order chi connectivity index (χ0) is 17.1. The Morgan fingerprint density at radius 1 is 1.11 bits per heavy atom. The average Bonchev–Trinajstić information content (AvgIpc) is 3.26. The molecular weight excluding hydrogens is 385 g/mol. The van der Waals surface area contributed by atoms with E-state index in [1.165, 1.54) is 0 Å². The van der Waals surface area contributed by atoms with Crippen LogP contribution in [-0.4, -0.2) is 42.0 Å². The molecule has 1 N–H and O–H groups in total. The Morgan fingerprint density at radius 2 is 1.78 bits per heavy atom. The maximum Gasteiger partial charge on any atom is 0.223 e. The fourth-order valence-electron chi connectivity index (χ4n) is 4.00. The molecular formula is C20H27Cl2N3O2. The molecule has 2 fully saturated rings. The Morgan fingerprint density at radius 3 is 2.44 bits per heavy atom. The van der Waals surface area contributed by atoms with Crippen molar-refractivity contribution in [3.8, 4) is 11.3 Å². The summed E-state index contributed by atoms with van der Waals surface area (Å²) in [5.74, 6) is 3.13. The van der Waals surface area contributed by atoms with Crippen LogP contribution in [0, 0.1) is 11.8 Å². The molecule has 4 rings (SSSR count). The maximum atomic E-state index is 12.6. The smallest absolute Gasteiger partial charge is 0.223 e. The number of carbonyl (C=O) groups excluding carboxylic acids is 1. The topological polar surface area (TPSA) is 58.4 Å². The third-order valence-electron chi connectivity index (χ3n) is 5.54. The molecule has 0 saturated carbocycles. The van der Waals surface area contributed by atoms with Crippen molar-refractivity contribution in [2.45, 2.75) is 25.7 Å². The minimum atomic E-state index is 0. The lowest BCUT2D eigenvalue weighted by atomic mass is 9.92. The molecule has 2 saturated heterocycles. The van der Waals surface area contributed by atoms with E-state index in [4.69, 9.17) is 4.42 Å². The van der Waals surface area contributed by atoms with E-state index in [-0.39, 0.29) is 30.7 Å². The summed E-state index contributed by atoms with van der Waals surface area (Å²) >= 11 is 0. The van der Waals surface area contributed by atoms with Gasteiger partial charge in [0.1, 0.15) is 0 Å². The second-order valence-corrected chi connectivity index (χ2v) is 7.12. The number of aromatic nitrogens is 1. The molecule has 148 valence electrons. The average molecular weight is 412 g/mol. The van der Waals surface area contributed by atoms with Crippen LogP contribution in [-0.2, 0) is 11.2 Å². The van der Waals surface area contributed by atoms with Crippen LogP contribution >= 0.6 is 24.8 Å². The first-order valence-electron chi connectivity index (χ1n) is 9.28. The molecule has 3 heterocycles. The number of fused-ring (bicyclic) bond motifs is 1. The van der Waals surface area contributed by atoms with E-state index in [1.54, 1.807) is 6.20 Å². The third kappa shape index (κ3) is 5.24. The zero-order valence-electron chi connectivity index (χ0n) is 15.3. The van der Waals surface area contributed by atoms with Gasteiger partial charge in [-0.15, -0.1) is 24.8 Å². The highest BCUT2D eigenvalue weighted by Gasteiger charge is 2.31. The Bertz CT molecular complexity index is 709. The van der Waals surface area contributed by atoms with Crippen molar-refractivity contribution in [3.63, 3.8) is 0 Å². The van der Waals surface area contributed by atoms with Crippen molar-refractivity contribution in [2.75, 3.05) is 26.2 Å². The molecule has 0 unspecified atom stereocenters. The van der Waals surface area contributed by atoms with Gasteiger partial charge in [0.05, 0.1) is 6.20 Å². The summed E-state index contributed by atoms with van der Waals surface area (Å²) in [7, 11) is 0. The van der Waals surface area contributed by atoms with Crippen molar-refractivity contribution in [3.05, 3.63) is 42.4 Å². The van der Waals surface area contributed by atoms with Gasteiger partial charge in [0, 0.05) is 31.5 Å². The minimum Gasteiger partial charge on any atom is -0.441 e. The van der Waals surface area contributed by atoms with Crippen LogP contribution in [0.25, 0.3) is 11.3 Å². The largest absolute Gasteiger partial charge is 0.441 e. The molecule has 2 aromatic rings. The van der Waals surface area contributed by atoms with Crippen LogP contribution in [0.15, 0.2) is 40.9 Å². The molecule has 1 aromatic heterocycles. The number of hydrogen-bond acceptors (Lipinski definition) is 4. The highest BCUT2D eigenvalue weighted by molar-refractivity contribution is 5.85. The third-order valence-corrected chi connectivity index (χ3v) is 5.54. The number of nitrogens with zero attached hydrogens (tertiary/aromatic N) is 2. The van der Waals surface area contributed by atoms with Crippen LogP contribution in [0.1, 0.15) is 25.2 Å². The zero-order valence-corrected chi connectivity index (χ0v) is 16.9. The summed E-state index contributed by atoms with van der Waals surface area (Å²) in [5, 5.41) is 3.47. The monoisotopic (exact) mass is 411 g/mol. The van der Waals surface area contributed by atoms with Gasteiger partial charge in [-0.3, -0.25) is 4.79 Å². The lowest BCUT2D eigenvalue weighted by Gasteiger charge is -2.20. The number of halogens is 2. The van der Waals surface area contributed by atoms with Gasteiger partial charge < -0.3 is 14.6 Å². The fraction of sp³-hybridized carbons (Fsp3) is 0.500. The number of likely N-dealkylation sites (tertiary alicyclic amines) is 1. The lowest BCUT2D eigenvalue weighted by Crippen LogP contribution is -2.32. The van der Waals surface area contributed by atoms with Crippen LogP contribution < -0.4 is 5.32 Å². The van der Waals surface area contributed by atoms with E-state index in [9.17, 15) is 4.79 Å². The highest BCUT2D eigenvalue weighted by atomic mass is 35.5. The number of rotatable bonds is 4. The standard InChI is InChI=1S/C20H25N3O2.2ClH/c24-20(23-10-8-16-12-21-13-17(16)9-11-23)7-6-19-22-14-18(25-19)15-4-2-1-3-5-15;;/h1-5,14,16-17,21H,6-13H2;2*1H/t16-,17+;;. The number of carbonyl (C=O) groups is 1. The molecule has 0 aliphatic carbocycles. The molecule has 5 nitrogen and oxygen atoms in total. The quantitative estimate of drug-likeness (QED) is 0.834. The first kappa shape index (κ1) is 21.7. The molecule has 2 aliphatic heterocycles. The van der Waals surface area contributed by atoms with E-state index >= 15 is 0 Å². The summed E-state index contributed by atoms with van der Waals surface area (Å²) in [6, 6.07) is 9.93. The van der Waals surface area contributed by atoms with Gasteiger partial charge in [-0.25, -0.2) is 4.98 Å². The van der Waals surface area contributed by atoms with Gasteiger partial charge in [0.2, 0.25) is 5.91 Å². The van der Waals surface area contributed by atoms with Crippen LogP contribution in [0.5, 0.6) is 0 Å². The van der Waals surface area contributed by atoms with Crippen molar-refractivity contribution < 1.29 is 9.21 Å². The molecule has 0 radical (unpaired) electrons.